The summed E-state index contributed by atoms with van der Waals surface area (Å²) in [6, 6.07) is 0.325. The molecule has 0 aromatic heterocycles. The summed E-state index contributed by atoms with van der Waals surface area (Å²) in [5, 5.41) is 3.39. The zero-order valence-corrected chi connectivity index (χ0v) is 10.4. The van der Waals surface area contributed by atoms with Crippen molar-refractivity contribution < 1.29 is 8.42 Å². The van der Waals surface area contributed by atoms with Crippen molar-refractivity contribution in [3.8, 4) is 0 Å². The van der Waals surface area contributed by atoms with Crippen molar-refractivity contribution in [1.82, 2.24) is 10.2 Å². The van der Waals surface area contributed by atoms with Gasteiger partial charge in [-0.15, -0.1) is 0 Å². The van der Waals surface area contributed by atoms with E-state index in [1.807, 2.05) is 0 Å². The van der Waals surface area contributed by atoms with Gasteiger partial charge >= 0.3 is 0 Å². The molecule has 0 aromatic rings. The molecule has 3 heterocycles. The number of nitrogens with zero attached hydrogens (tertiary/aromatic N) is 1. The summed E-state index contributed by atoms with van der Waals surface area (Å²) in [6.07, 6.45) is 3.39. The molecule has 3 rings (SSSR count). The monoisotopic (exact) mass is 244 g/mol. The second kappa shape index (κ2) is 3.68. The van der Waals surface area contributed by atoms with Gasteiger partial charge in [-0.2, -0.15) is 0 Å². The second-order valence-corrected chi connectivity index (χ2v) is 7.94. The fourth-order valence-electron chi connectivity index (χ4n) is 3.41. The SMILES string of the molecule is O=S1(=O)CCC(N2CC3(CCNCC3)C2)C1. The van der Waals surface area contributed by atoms with Gasteiger partial charge in [0.1, 0.15) is 0 Å². The van der Waals surface area contributed by atoms with Gasteiger partial charge in [-0.1, -0.05) is 0 Å². The van der Waals surface area contributed by atoms with E-state index >= 15 is 0 Å². The molecule has 0 saturated carbocycles. The molecule has 3 aliphatic heterocycles. The average Bonchev–Trinajstić information content (AvgIpc) is 2.56. The van der Waals surface area contributed by atoms with Crippen molar-refractivity contribution in [3.05, 3.63) is 0 Å². The van der Waals surface area contributed by atoms with Crippen molar-refractivity contribution in [2.45, 2.75) is 25.3 Å². The van der Waals surface area contributed by atoms with E-state index in [1.165, 1.54) is 12.8 Å². The van der Waals surface area contributed by atoms with Crippen molar-refractivity contribution in [2.24, 2.45) is 5.41 Å². The highest BCUT2D eigenvalue weighted by atomic mass is 32.2. The van der Waals surface area contributed by atoms with E-state index in [4.69, 9.17) is 0 Å². The maximum Gasteiger partial charge on any atom is 0.151 e. The summed E-state index contributed by atoms with van der Waals surface area (Å²) < 4.78 is 22.8. The Kier molecular flexibility index (Phi) is 2.53. The maximum absolute atomic E-state index is 11.4. The van der Waals surface area contributed by atoms with Crippen LogP contribution < -0.4 is 5.32 Å². The lowest BCUT2D eigenvalue weighted by Crippen LogP contribution is -2.62. The van der Waals surface area contributed by atoms with Crippen LogP contribution in [0.5, 0.6) is 0 Å². The van der Waals surface area contributed by atoms with Crippen LogP contribution in [-0.2, 0) is 9.84 Å². The van der Waals surface area contributed by atoms with Crippen LogP contribution in [0, 0.1) is 5.41 Å². The third kappa shape index (κ3) is 1.89. The number of hydrogen-bond acceptors (Lipinski definition) is 4. The molecule has 1 spiro atoms. The number of rotatable bonds is 1. The zero-order chi connectivity index (χ0) is 11.2. The minimum absolute atomic E-state index is 0.325. The van der Waals surface area contributed by atoms with E-state index in [0.29, 0.717) is 23.0 Å². The van der Waals surface area contributed by atoms with Crippen LogP contribution in [0.4, 0.5) is 0 Å². The predicted octanol–water partition coefficient (Wildman–Crippen LogP) is -0.141. The molecule has 3 saturated heterocycles. The van der Waals surface area contributed by atoms with E-state index in [-0.39, 0.29) is 0 Å². The fraction of sp³-hybridized carbons (Fsp3) is 1.00. The lowest BCUT2D eigenvalue weighted by atomic mass is 9.72. The Hall–Kier alpha value is -0.130. The first-order valence-electron chi connectivity index (χ1n) is 6.24. The predicted molar refractivity (Wildman–Crippen MR) is 63.2 cm³/mol. The Morgan fingerprint density at radius 2 is 1.88 bits per heavy atom. The Bertz CT molecular complexity index is 365. The normalized spacial score (nSPS) is 37.4. The van der Waals surface area contributed by atoms with Gasteiger partial charge < -0.3 is 5.32 Å². The molecule has 3 aliphatic rings. The summed E-state index contributed by atoms with van der Waals surface area (Å²) in [7, 11) is -2.71. The summed E-state index contributed by atoms with van der Waals surface area (Å²) in [5.74, 6) is 0.810. The van der Waals surface area contributed by atoms with Crippen molar-refractivity contribution in [3.63, 3.8) is 0 Å². The highest BCUT2D eigenvalue weighted by Gasteiger charge is 2.47. The molecule has 0 amide bonds. The van der Waals surface area contributed by atoms with Crippen molar-refractivity contribution in [2.75, 3.05) is 37.7 Å². The van der Waals surface area contributed by atoms with Gasteiger partial charge in [-0.3, -0.25) is 4.90 Å². The summed E-state index contributed by atoms with van der Waals surface area (Å²) in [6.45, 7) is 4.54. The molecular formula is C11H20N2O2S. The highest BCUT2D eigenvalue weighted by Crippen LogP contribution is 2.41. The Morgan fingerprint density at radius 1 is 1.19 bits per heavy atom. The lowest BCUT2D eigenvalue weighted by Gasteiger charge is -2.54. The summed E-state index contributed by atoms with van der Waals surface area (Å²) >= 11 is 0. The average molecular weight is 244 g/mol. The largest absolute Gasteiger partial charge is 0.317 e. The van der Waals surface area contributed by atoms with E-state index in [1.54, 1.807) is 0 Å². The van der Waals surface area contributed by atoms with Crippen LogP contribution in [0.2, 0.25) is 0 Å². The van der Waals surface area contributed by atoms with Crippen LogP contribution >= 0.6 is 0 Å². The molecule has 0 aliphatic carbocycles. The first kappa shape index (κ1) is 11.0. The van der Waals surface area contributed by atoms with E-state index in [2.05, 4.69) is 10.2 Å². The Morgan fingerprint density at radius 3 is 2.44 bits per heavy atom. The fourth-order valence-corrected chi connectivity index (χ4v) is 5.17. The van der Waals surface area contributed by atoms with Crippen LogP contribution in [0.15, 0.2) is 0 Å². The Labute approximate surface area is 97.3 Å². The van der Waals surface area contributed by atoms with E-state index in [0.717, 1.165) is 32.6 Å². The van der Waals surface area contributed by atoms with Crippen LogP contribution in [0.25, 0.3) is 0 Å². The number of sulfone groups is 1. The summed E-state index contributed by atoms with van der Waals surface area (Å²) in [4.78, 5) is 2.40. The van der Waals surface area contributed by atoms with E-state index < -0.39 is 9.84 Å². The topological polar surface area (TPSA) is 49.4 Å². The third-order valence-electron chi connectivity index (χ3n) is 4.47. The molecule has 1 N–H and O–H groups in total. The third-order valence-corrected chi connectivity index (χ3v) is 6.22. The molecule has 0 aromatic carbocycles. The molecule has 16 heavy (non-hydrogen) atoms. The van der Waals surface area contributed by atoms with Gasteiger partial charge in [0.05, 0.1) is 11.5 Å². The molecule has 0 bridgehead atoms. The van der Waals surface area contributed by atoms with Gasteiger partial charge in [0.15, 0.2) is 9.84 Å². The van der Waals surface area contributed by atoms with Gasteiger partial charge in [0.25, 0.3) is 0 Å². The molecule has 1 atom stereocenters. The summed E-state index contributed by atoms with van der Waals surface area (Å²) in [5.41, 5.74) is 0.525. The van der Waals surface area contributed by atoms with E-state index in [9.17, 15) is 8.42 Å². The molecular weight excluding hydrogens is 224 g/mol. The smallest absolute Gasteiger partial charge is 0.151 e. The molecule has 5 heteroatoms. The second-order valence-electron chi connectivity index (χ2n) is 5.71. The number of likely N-dealkylation sites (tertiary alicyclic amines) is 1. The van der Waals surface area contributed by atoms with Gasteiger partial charge in [-0.25, -0.2) is 8.42 Å². The van der Waals surface area contributed by atoms with Gasteiger partial charge in [-0.05, 0) is 37.8 Å². The first-order chi connectivity index (χ1) is 7.59. The van der Waals surface area contributed by atoms with Gasteiger partial charge in [0, 0.05) is 19.1 Å². The minimum Gasteiger partial charge on any atom is -0.317 e. The molecule has 92 valence electrons. The number of piperidine rings is 1. The quantitative estimate of drug-likeness (QED) is 0.697. The number of hydrogen-bond donors (Lipinski definition) is 1. The molecule has 1 unspecified atom stereocenters. The zero-order valence-electron chi connectivity index (χ0n) is 9.61. The minimum atomic E-state index is -2.71. The molecule has 4 nitrogen and oxygen atoms in total. The van der Waals surface area contributed by atoms with Crippen molar-refractivity contribution >= 4 is 9.84 Å². The highest BCUT2D eigenvalue weighted by molar-refractivity contribution is 7.91. The number of nitrogens with one attached hydrogen (secondary N) is 1. The molecule has 0 radical (unpaired) electrons. The maximum atomic E-state index is 11.4. The lowest BCUT2D eigenvalue weighted by molar-refractivity contribution is -0.0443. The van der Waals surface area contributed by atoms with Gasteiger partial charge in [0.2, 0.25) is 0 Å². The van der Waals surface area contributed by atoms with Crippen molar-refractivity contribution in [1.29, 1.82) is 0 Å². The van der Waals surface area contributed by atoms with Crippen LogP contribution in [0.1, 0.15) is 19.3 Å². The standard InChI is InChI=1S/C11H20N2O2S/c14-16(15)6-1-10(7-16)13-8-11(9-13)2-4-12-5-3-11/h10,12H,1-9H2. The van der Waals surface area contributed by atoms with Crippen LogP contribution in [-0.4, -0.2) is 57.0 Å². The Balaban J connectivity index is 1.57. The molecule has 3 fully saturated rings. The van der Waals surface area contributed by atoms with Crippen LogP contribution in [0.3, 0.4) is 0 Å². The first-order valence-corrected chi connectivity index (χ1v) is 8.06.